The summed E-state index contributed by atoms with van der Waals surface area (Å²) in [6.07, 6.45) is 11.5. The van der Waals surface area contributed by atoms with Crippen molar-refractivity contribution < 1.29 is 9.53 Å². The second-order valence-corrected chi connectivity index (χ2v) is 12.1. The van der Waals surface area contributed by atoms with Crippen LogP contribution in [-0.4, -0.2) is 44.9 Å². The molecular weight excluding hydrogens is 484 g/mol. The molecule has 6 nitrogen and oxygen atoms in total. The van der Waals surface area contributed by atoms with E-state index in [-0.39, 0.29) is 12.1 Å². The van der Waals surface area contributed by atoms with E-state index in [0.717, 1.165) is 48.6 Å². The Morgan fingerprint density at radius 2 is 1.54 bits per heavy atom. The molecule has 1 saturated heterocycles. The number of imidazole rings is 1. The number of rotatable bonds is 5. The Kier molecular flexibility index (Phi) is 6.88. The molecule has 2 fully saturated rings. The maximum atomic E-state index is 12.7. The minimum atomic E-state index is -0.490. The minimum Gasteiger partial charge on any atom is -0.444 e. The predicted molar refractivity (Wildman–Crippen MR) is 156 cm³/mol. The van der Waals surface area contributed by atoms with Gasteiger partial charge in [-0.15, -0.1) is 0 Å². The van der Waals surface area contributed by atoms with Gasteiger partial charge in [-0.25, -0.2) is 9.78 Å². The van der Waals surface area contributed by atoms with Gasteiger partial charge in [0.25, 0.3) is 0 Å². The van der Waals surface area contributed by atoms with Gasteiger partial charge in [-0.2, -0.15) is 0 Å². The summed E-state index contributed by atoms with van der Waals surface area (Å²) in [4.78, 5) is 27.6. The number of likely N-dealkylation sites (tertiary alicyclic amines) is 1. The number of H-pyrrole nitrogens is 1. The van der Waals surface area contributed by atoms with Crippen molar-refractivity contribution in [2.24, 2.45) is 4.99 Å². The second kappa shape index (κ2) is 10.5. The maximum Gasteiger partial charge on any atom is 0.410 e. The first kappa shape index (κ1) is 25.6. The number of nitrogens with one attached hydrogen (secondary N) is 1. The van der Waals surface area contributed by atoms with E-state index < -0.39 is 5.60 Å². The summed E-state index contributed by atoms with van der Waals surface area (Å²) >= 11 is 0. The van der Waals surface area contributed by atoms with Crippen molar-refractivity contribution in [3.8, 4) is 22.4 Å². The molecule has 3 aliphatic rings. The van der Waals surface area contributed by atoms with Crippen LogP contribution in [0.1, 0.15) is 83.0 Å². The highest BCUT2D eigenvalue weighted by atomic mass is 16.6. The Morgan fingerprint density at radius 1 is 0.897 bits per heavy atom. The number of carbonyl (C=O) groups is 1. The zero-order chi connectivity index (χ0) is 27.0. The summed E-state index contributed by atoms with van der Waals surface area (Å²) < 4.78 is 5.65. The van der Waals surface area contributed by atoms with Crippen molar-refractivity contribution in [1.29, 1.82) is 0 Å². The number of aromatic amines is 1. The largest absolute Gasteiger partial charge is 0.444 e. The summed E-state index contributed by atoms with van der Waals surface area (Å²) in [6, 6.07) is 17.4. The summed E-state index contributed by atoms with van der Waals surface area (Å²) in [5.41, 5.74) is 7.51. The molecule has 1 N–H and O–H groups in total. The van der Waals surface area contributed by atoms with Crippen molar-refractivity contribution in [1.82, 2.24) is 14.9 Å². The average Bonchev–Trinajstić information content (AvgIpc) is 3.74. The molecule has 1 saturated carbocycles. The molecule has 2 aliphatic heterocycles. The molecule has 6 heteroatoms. The molecule has 3 aromatic rings. The van der Waals surface area contributed by atoms with Crippen molar-refractivity contribution in [3.05, 3.63) is 77.9 Å². The molecular formula is C33H38N4O2. The van der Waals surface area contributed by atoms with E-state index in [2.05, 4.69) is 58.5 Å². The van der Waals surface area contributed by atoms with E-state index >= 15 is 0 Å². The zero-order valence-corrected chi connectivity index (χ0v) is 23.2. The fourth-order valence-electron chi connectivity index (χ4n) is 6.10. The van der Waals surface area contributed by atoms with Crippen LogP contribution in [0.4, 0.5) is 4.79 Å². The Bertz CT molecular complexity index is 1390. The third-order valence-corrected chi connectivity index (χ3v) is 8.15. The highest BCUT2D eigenvalue weighted by Gasteiger charge is 2.35. The number of aliphatic imine (C=N–C) groups is 1. The molecule has 202 valence electrons. The van der Waals surface area contributed by atoms with Crippen LogP contribution >= 0.6 is 0 Å². The van der Waals surface area contributed by atoms with Crippen molar-refractivity contribution in [3.63, 3.8) is 0 Å². The highest BCUT2D eigenvalue weighted by Crippen LogP contribution is 2.34. The summed E-state index contributed by atoms with van der Waals surface area (Å²) in [5.74, 6) is 1.73. The number of carbonyl (C=O) groups excluding carboxylic acids is 1. The predicted octanol–water partition coefficient (Wildman–Crippen LogP) is 7.88. The van der Waals surface area contributed by atoms with Gasteiger partial charge in [-0.05, 0) is 74.3 Å². The van der Waals surface area contributed by atoms with E-state index in [9.17, 15) is 4.79 Å². The van der Waals surface area contributed by atoms with E-state index in [0.29, 0.717) is 5.92 Å². The number of hydrogen-bond acceptors (Lipinski definition) is 4. The Morgan fingerprint density at radius 3 is 2.21 bits per heavy atom. The van der Waals surface area contributed by atoms with Crippen LogP contribution in [0.3, 0.4) is 0 Å². The van der Waals surface area contributed by atoms with E-state index in [1.165, 1.54) is 47.9 Å². The zero-order valence-electron chi connectivity index (χ0n) is 23.2. The monoisotopic (exact) mass is 522 g/mol. The summed E-state index contributed by atoms with van der Waals surface area (Å²) in [5, 5.41) is 0. The minimum absolute atomic E-state index is 0.0722. The number of ether oxygens (including phenoxy) is 1. The molecule has 0 bridgehead atoms. The molecule has 6 rings (SSSR count). The SMILES string of the molecule is CC(C)(C)OC(=O)N1CCCC1C1=CN=C(c2ccc(-c3ccc(-c4cnc(C5CCCC5)[nH]4)cc3)cc2)C1. The second-order valence-electron chi connectivity index (χ2n) is 12.1. The van der Waals surface area contributed by atoms with Crippen LogP contribution in [0.2, 0.25) is 0 Å². The molecule has 1 aliphatic carbocycles. The molecule has 1 atom stereocenters. The van der Waals surface area contributed by atoms with Gasteiger partial charge in [0.05, 0.1) is 23.6 Å². The average molecular weight is 523 g/mol. The molecule has 39 heavy (non-hydrogen) atoms. The lowest BCUT2D eigenvalue weighted by molar-refractivity contribution is 0.0248. The van der Waals surface area contributed by atoms with Gasteiger partial charge in [0.15, 0.2) is 0 Å². The maximum absolute atomic E-state index is 12.7. The topological polar surface area (TPSA) is 70.6 Å². The molecule has 1 amide bonds. The van der Waals surface area contributed by atoms with Gasteiger partial charge < -0.3 is 14.6 Å². The quantitative estimate of drug-likeness (QED) is 0.370. The number of benzene rings is 2. The molecule has 0 radical (unpaired) electrons. The first-order valence-corrected chi connectivity index (χ1v) is 14.4. The summed E-state index contributed by atoms with van der Waals surface area (Å²) in [6.45, 7) is 6.48. The lowest BCUT2D eigenvalue weighted by Crippen LogP contribution is -2.40. The molecule has 2 aromatic carbocycles. The van der Waals surface area contributed by atoms with E-state index in [1.807, 2.05) is 38.1 Å². The van der Waals surface area contributed by atoms with Crippen LogP contribution in [0.5, 0.6) is 0 Å². The van der Waals surface area contributed by atoms with Gasteiger partial charge in [0.1, 0.15) is 11.4 Å². The number of nitrogens with zero attached hydrogens (tertiary/aromatic N) is 3. The van der Waals surface area contributed by atoms with Gasteiger partial charge >= 0.3 is 6.09 Å². The lowest BCUT2D eigenvalue weighted by Gasteiger charge is -2.29. The third-order valence-electron chi connectivity index (χ3n) is 8.15. The molecule has 3 heterocycles. The van der Waals surface area contributed by atoms with Crippen LogP contribution in [0.25, 0.3) is 22.4 Å². The fraction of sp³-hybridized carbons (Fsp3) is 0.424. The van der Waals surface area contributed by atoms with Crippen molar-refractivity contribution >= 4 is 11.8 Å². The molecule has 0 spiro atoms. The van der Waals surface area contributed by atoms with Gasteiger partial charge in [-0.1, -0.05) is 61.4 Å². The molecule has 1 unspecified atom stereocenters. The third kappa shape index (κ3) is 5.56. The summed E-state index contributed by atoms with van der Waals surface area (Å²) in [7, 11) is 0. The molecule has 1 aromatic heterocycles. The normalized spacial score (nSPS) is 19.9. The Balaban J connectivity index is 1.09. The first-order chi connectivity index (χ1) is 18.8. The van der Waals surface area contributed by atoms with E-state index in [1.54, 1.807) is 0 Å². The van der Waals surface area contributed by atoms with E-state index in [4.69, 9.17) is 9.73 Å². The highest BCUT2D eigenvalue weighted by molar-refractivity contribution is 6.04. The van der Waals surface area contributed by atoms with Gasteiger partial charge in [-0.3, -0.25) is 4.99 Å². The Labute approximate surface area is 231 Å². The number of aromatic nitrogens is 2. The lowest BCUT2D eigenvalue weighted by atomic mass is 9.96. The number of amides is 1. The standard InChI is InChI=1S/C33H38N4O2/c1-33(2,3)39-32(38)37-18-6-9-30(37)27-19-28(34-20-27)24-14-10-22(11-15-24)23-12-16-25(17-13-23)29-21-35-31(36-29)26-7-4-5-8-26/h10-17,20-21,26,30H,4-9,18-19H2,1-3H3,(H,35,36). The first-order valence-electron chi connectivity index (χ1n) is 14.4. The van der Waals surface area contributed by atoms with Crippen LogP contribution in [0.15, 0.2) is 71.5 Å². The van der Waals surface area contributed by atoms with Crippen LogP contribution in [-0.2, 0) is 4.74 Å². The van der Waals surface area contributed by atoms with Gasteiger partial charge in [0.2, 0.25) is 0 Å². The van der Waals surface area contributed by atoms with Gasteiger partial charge in [0, 0.05) is 25.1 Å². The van der Waals surface area contributed by atoms with Crippen molar-refractivity contribution in [2.75, 3.05) is 6.54 Å². The Hall–Kier alpha value is -3.67. The van der Waals surface area contributed by atoms with Crippen LogP contribution < -0.4 is 0 Å². The van der Waals surface area contributed by atoms with Crippen LogP contribution in [0, 0.1) is 0 Å². The van der Waals surface area contributed by atoms with Crippen molar-refractivity contribution in [2.45, 2.75) is 83.3 Å². The smallest absolute Gasteiger partial charge is 0.410 e. The number of hydrogen-bond donors (Lipinski definition) is 1. The fourth-order valence-corrected chi connectivity index (χ4v) is 6.10.